The lowest BCUT2D eigenvalue weighted by Crippen LogP contribution is -2.47. The first kappa shape index (κ1) is 35.2. The highest BCUT2D eigenvalue weighted by Crippen LogP contribution is 2.64. The average molecular weight is 639 g/mol. The third-order valence-electron chi connectivity index (χ3n) is 14.8. The Hall–Kier alpha value is -1.60. The molecule has 4 aliphatic rings. The van der Waals surface area contributed by atoms with Gasteiger partial charge in [0, 0.05) is 13.0 Å². The minimum atomic E-state index is 0.207. The molecule has 13 unspecified atom stereocenters. The van der Waals surface area contributed by atoms with Gasteiger partial charge in [-0.15, -0.1) is 0 Å². The average Bonchev–Trinajstić information content (AvgIpc) is 3.49. The number of methoxy groups -OCH3 is 1. The van der Waals surface area contributed by atoms with Crippen LogP contribution in [0.15, 0.2) is 54.6 Å². The molecule has 0 aliphatic heterocycles. The molecule has 0 radical (unpaired) electrons. The summed E-state index contributed by atoms with van der Waals surface area (Å²) in [6.45, 7) is 27.3. The quantitative estimate of drug-likeness (QED) is 0.317. The number of benzene rings is 2. The molecule has 4 fully saturated rings. The molecule has 4 aliphatic carbocycles. The molecule has 0 N–H and O–H groups in total. The summed E-state index contributed by atoms with van der Waals surface area (Å²) in [5, 5.41) is 0. The van der Waals surface area contributed by atoms with E-state index in [9.17, 15) is 0 Å². The normalized spacial score (nSPS) is 39.4. The Labute approximate surface area is 290 Å². The molecular formula is C46H70O. The molecule has 0 saturated heterocycles. The monoisotopic (exact) mass is 639 g/mol. The van der Waals surface area contributed by atoms with Crippen molar-refractivity contribution in [2.24, 2.45) is 70.0 Å². The van der Waals surface area contributed by atoms with Crippen molar-refractivity contribution in [3.63, 3.8) is 0 Å². The number of ether oxygens (including phenoxy) is 1. The topological polar surface area (TPSA) is 9.23 Å². The maximum atomic E-state index is 6.52. The Kier molecular flexibility index (Phi) is 9.70. The van der Waals surface area contributed by atoms with Crippen molar-refractivity contribution < 1.29 is 4.74 Å². The Balaban J connectivity index is 1.31. The number of rotatable bonds is 5. The third-order valence-corrected chi connectivity index (χ3v) is 14.8. The molecule has 0 aromatic heterocycles. The van der Waals surface area contributed by atoms with Crippen molar-refractivity contribution in [3.8, 4) is 0 Å². The van der Waals surface area contributed by atoms with Crippen LogP contribution in [0.1, 0.15) is 143 Å². The van der Waals surface area contributed by atoms with Crippen molar-refractivity contribution >= 4 is 0 Å². The molecule has 0 spiro atoms. The first-order valence-corrected chi connectivity index (χ1v) is 19.7. The van der Waals surface area contributed by atoms with Crippen LogP contribution in [0.2, 0.25) is 0 Å². The summed E-state index contributed by atoms with van der Waals surface area (Å²) in [4.78, 5) is 0. The van der Waals surface area contributed by atoms with E-state index in [-0.39, 0.29) is 10.8 Å². The number of hydrogen-bond acceptors (Lipinski definition) is 1. The van der Waals surface area contributed by atoms with E-state index >= 15 is 0 Å². The molecule has 260 valence electrons. The Morgan fingerprint density at radius 3 is 1.70 bits per heavy atom. The lowest BCUT2D eigenvalue weighted by molar-refractivity contribution is -0.0760. The van der Waals surface area contributed by atoms with E-state index < -0.39 is 0 Å². The minimum Gasteiger partial charge on any atom is -0.381 e. The van der Waals surface area contributed by atoms with Gasteiger partial charge in [-0.2, -0.15) is 0 Å². The van der Waals surface area contributed by atoms with Gasteiger partial charge in [-0.25, -0.2) is 0 Å². The van der Waals surface area contributed by atoms with E-state index in [0.29, 0.717) is 29.3 Å². The highest BCUT2D eigenvalue weighted by molar-refractivity contribution is 5.31. The van der Waals surface area contributed by atoms with Crippen molar-refractivity contribution in [2.45, 2.75) is 138 Å². The largest absolute Gasteiger partial charge is 0.381 e. The number of hydrogen-bond donors (Lipinski definition) is 0. The van der Waals surface area contributed by atoms with Gasteiger partial charge in [0.15, 0.2) is 0 Å². The van der Waals surface area contributed by atoms with Crippen LogP contribution >= 0.6 is 0 Å². The van der Waals surface area contributed by atoms with Crippen LogP contribution in [-0.4, -0.2) is 13.2 Å². The molecule has 1 heteroatoms. The van der Waals surface area contributed by atoms with Gasteiger partial charge in [0.2, 0.25) is 0 Å². The molecule has 1 nitrogen and oxygen atoms in total. The summed E-state index contributed by atoms with van der Waals surface area (Å²) >= 11 is 0. The van der Waals surface area contributed by atoms with E-state index in [1.807, 2.05) is 7.11 Å². The van der Waals surface area contributed by atoms with Gasteiger partial charge in [-0.3, -0.25) is 0 Å². The fourth-order valence-corrected chi connectivity index (χ4v) is 12.2. The van der Waals surface area contributed by atoms with Crippen LogP contribution in [0.25, 0.3) is 0 Å². The summed E-state index contributed by atoms with van der Waals surface area (Å²) in [5.74, 6) is 9.13. The zero-order chi connectivity index (χ0) is 34.1. The molecule has 2 aromatic carbocycles. The first-order chi connectivity index (χ1) is 22.0. The maximum absolute atomic E-state index is 6.52. The first-order valence-electron chi connectivity index (χ1n) is 19.7. The second-order valence-electron chi connectivity index (χ2n) is 20.5. The molecule has 47 heavy (non-hydrogen) atoms. The fourth-order valence-electron chi connectivity index (χ4n) is 12.2. The zero-order valence-corrected chi connectivity index (χ0v) is 32.4. The minimum absolute atomic E-state index is 0.207. The fraction of sp³-hybridized carbons (Fsp3) is 0.739. The standard InChI is InChI=1S/C46H70O/c1-28-22-37-36(30-18-20-32(21-19-30)44(3,4)5)24-33(45(6,7)8)25-38(37)34(28)26-35-29(2)23-40-39(35)27-41(46(9,10)11)43(47-12)42(40)31-16-14-13-15-17-31/h13-21,28-29,33-43H,22-27H2,1-12H3. The van der Waals surface area contributed by atoms with Crippen molar-refractivity contribution in [1.29, 1.82) is 0 Å². The molecule has 0 bridgehead atoms. The summed E-state index contributed by atoms with van der Waals surface area (Å²) in [6.07, 6.45) is 8.70. The van der Waals surface area contributed by atoms with Crippen molar-refractivity contribution in [2.75, 3.05) is 7.11 Å². The van der Waals surface area contributed by atoms with Crippen molar-refractivity contribution in [3.05, 3.63) is 71.3 Å². The molecular weight excluding hydrogens is 569 g/mol. The summed E-state index contributed by atoms with van der Waals surface area (Å²) < 4.78 is 6.52. The van der Waals surface area contributed by atoms with Crippen LogP contribution in [0.4, 0.5) is 0 Å². The van der Waals surface area contributed by atoms with Gasteiger partial charge >= 0.3 is 0 Å². The maximum Gasteiger partial charge on any atom is 0.0675 e. The summed E-state index contributed by atoms with van der Waals surface area (Å²) in [7, 11) is 2.00. The molecule has 6 rings (SSSR count). The van der Waals surface area contributed by atoms with Gasteiger partial charge in [0.1, 0.15) is 0 Å². The second kappa shape index (κ2) is 12.9. The third kappa shape index (κ3) is 6.79. The lowest BCUT2D eigenvalue weighted by atomic mass is 9.56. The van der Waals surface area contributed by atoms with E-state index in [2.05, 4.69) is 131 Å². The van der Waals surface area contributed by atoms with Crippen molar-refractivity contribution in [1.82, 2.24) is 0 Å². The van der Waals surface area contributed by atoms with Crippen LogP contribution in [0, 0.1) is 70.0 Å². The molecule has 4 saturated carbocycles. The van der Waals surface area contributed by atoms with E-state index in [1.54, 1.807) is 5.56 Å². The van der Waals surface area contributed by atoms with E-state index in [0.717, 1.165) is 53.3 Å². The van der Waals surface area contributed by atoms with Gasteiger partial charge < -0.3 is 4.74 Å². The van der Waals surface area contributed by atoms with Crippen LogP contribution in [-0.2, 0) is 10.2 Å². The second-order valence-corrected chi connectivity index (χ2v) is 20.5. The van der Waals surface area contributed by atoms with Crippen LogP contribution in [0.3, 0.4) is 0 Å². The number of fused-ring (bicyclic) bond motifs is 2. The van der Waals surface area contributed by atoms with Gasteiger partial charge in [-0.1, -0.05) is 131 Å². The highest BCUT2D eigenvalue weighted by atomic mass is 16.5. The Morgan fingerprint density at radius 2 is 1.17 bits per heavy atom. The SMILES string of the molecule is COC1C(c2ccccc2)C2CC(C)C(CC3C(C)CC4C(c5ccc(C(C)(C)C)cc5)CC(C(C)(C)C)CC34)C2CC1C(C)(C)C. The van der Waals surface area contributed by atoms with E-state index in [1.165, 1.54) is 49.7 Å². The van der Waals surface area contributed by atoms with Crippen LogP contribution < -0.4 is 0 Å². The molecule has 0 amide bonds. The van der Waals surface area contributed by atoms with Gasteiger partial charge in [0.25, 0.3) is 0 Å². The molecule has 0 heterocycles. The predicted molar refractivity (Wildman–Crippen MR) is 201 cm³/mol. The lowest BCUT2D eigenvalue weighted by Gasteiger charge is -2.51. The van der Waals surface area contributed by atoms with Gasteiger partial charge in [-0.05, 0) is 137 Å². The smallest absolute Gasteiger partial charge is 0.0675 e. The zero-order valence-electron chi connectivity index (χ0n) is 32.4. The highest BCUT2D eigenvalue weighted by Gasteiger charge is 2.57. The Morgan fingerprint density at radius 1 is 0.596 bits per heavy atom. The Bertz CT molecular complexity index is 1320. The van der Waals surface area contributed by atoms with Crippen LogP contribution in [0.5, 0.6) is 0 Å². The van der Waals surface area contributed by atoms with Gasteiger partial charge in [0.05, 0.1) is 6.10 Å². The predicted octanol–water partition coefficient (Wildman–Crippen LogP) is 12.6. The molecule has 2 aromatic rings. The summed E-state index contributed by atoms with van der Waals surface area (Å²) in [5.41, 5.74) is 5.41. The summed E-state index contributed by atoms with van der Waals surface area (Å²) in [6, 6.07) is 21.5. The van der Waals surface area contributed by atoms with E-state index in [4.69, 9.17) is 4.74 Å². The molecule has 13 atom stereocenters.